The van der Waals surface area contributed by atoms with Crippen molar-refractivity contribution in [1.29, 1.82) is 0 Å². The molecule has 21 heavy (non-hydrogen) atoms. The van der Waals surface area contributed by atoms with E-state index in [9.17, 15) is 4.79 Å². The molecule has 1 aliphatic heterocycles. The molecular formula is C18H19NO2. The average Bonchev–Trinajstić information content (AvgIpc) is 2.53. The second kappa shape index (κ2) is 5.60. The molecule has 0 N–H and O–H groups in total. The van der Waals surface area contributed by atoms with Crippen molar-refractivity contribution >= 4 is 5.91 Å². The molecule has 0 fully saturated rings. The minimum Gasteiger partial charge on any atom is -0.496 e. The Hall–Kier alpha value is -2.29. The normalized spacial score (nSPS) is 17.2. The minimum absolute atomic E-state index is 0.0254. The fourth-order valence-corrected chi connectivity index (χ4v) is 3.16. The van der Waals surface area contributed by atoms with Gasteiger partial charge in [-0.2, -0.15) is 0 Å². The fourth-order valence-electron chi connectivity index (χ4n) is 3.16. The van der Waals surface area contributed by atoms with Crippen LogP contribution in [0.15, 0.2) is 48.5 Å². The van der Waals surface area contributed by atoms with Crippen molar-refractivity contribution in [3.63, 3.8) is 0 Å². The van der Waals surface area contributed by atoms with Gasteiger partial charge in [-0.25, -0.2) is 0 Å². The van der Waals surface area contributed by atoms with E-state index in [1.807, 2.05) is 35.2 Å². The average molecular weight is 281 g/mol. The molecule has 108 valence electrons. The molecule has 3 nitrogen and oxygen atoms in total. The monoisotopic (exact) mass is 281 g/mol. The molecule has 1 aliphatic rings. The molecule has 2 aromatic carbocycles. The summed E-state index contributed by atoms with van der Waals surface area (Å²) in [5.74, 6) is 1.02. The molecule has 1 atom stereocenters. The quantitative estimate of drug-likeness (QED) is 0.846. The zero-order chi connectivity index (χ0) is 14.8. The molecule has 0 saturated carbocycles. The first-order chi connectivity index (χ1) is 10.2. The molecule has 3 rings (SSSR count). The van der Waals surface area contributed by atoms with Crippen LogP contribution in [0.5, 0.6) is 5.75 Å². The number of ether oxygens (including phenoxy) is 1. The first-order valence-electron chi connectivity index (χ1n) is 7.20. The van der Waals surface area contributed by atoms with E-state index < -0.39 is 0 Å². The largest absolute Gasteiger partial charge is 0.496 e. The molecule has 0 bridgehead atoms. The highest BCUT2D eigenvalue weighted by Gasteiger charge is 2.31. The highest BCUT2D eigenvalue weighted by atomic mass is 16.5. The third-order valence-electron chi connectivity index (χ3n) is 4.12. The summed E-state index contributed by atoms with van der Waals surface area (Å²) in [6.45, 7) is 2.36. The van der Waals surface area contributed by atoms with E-state index in [0.29, 0.717) is 0 Å². The number of fused-ring (bicyclic) bond motifs is 1. The Balaban J connectivity index is 2.16. The summed E-state index contributed by atoms with van der Waals surface area (Å²) in [5.41, 5.74) is 3.52. The summed E-state index contributed by atoms with van der Waals surface area (Å²) >= 11 is 0. The van der Waals surface area contributed by atoms with E-state index in [0.717, 1.165) is 24.3 Å². The van der Waals surface area contributed by atoms with Crippen molar-refractivity contribution in [3.8, 4) is 5.75 Å². The van der Waals surface area contributed by atoms with Crippen LogP contribution in [0.25, 0.3) is 0 Å². The molecule has 1 heterocycles. The highest BCUT2D eigenvalue weighted by molar-refractivity contribution is 5.75. The fraction of sp³-hybridized carbons (Fsp3) is 0.278. The van der Waals surface area contributed by atoms with Crippen LogP contribution >= 0.6 is 0 Å². The Morgan fingerprint density at radius 3 is 2.57 bits per heavy atom. The molecule has 0 radical (unpaired) electrons. The van der Waals surface area contributed by atoms with Crippen LogP contribution in [0.4, 0.5) is 0 Å². The van der Waals surface area contributed by atoms with E-state index in [2.05, 4.69) is 18.2 Å². The van der Waals surface area contributed by atoms with E-state index in [4.69, 9.17) is 4.74 Å². The Kier molecular flexibility index (Phi) is 3.65. The zero-order valence-corrected chi connectivity index (χ0v) is 12.4. The molecule has 3 heteroatoms. The van der Waals surface area contributed by atoms with E-state index in [-0.39, 0.29) is 11.9 Å². The zero-order valence-electron chi connectivity index (χ0n) is 12.4. The molecule has 0 aromatic heterocycles. The Morgan fingerprint density at radius 1 is 1.14 bits per heavy atom. The van der Waals surface area contributed by atoms with Gasteiger partial charge in [-0.3, -0.25) is 4.79 Å². The van der Waals surface area contributed by atoms with Gasteiger partial charge in [0.25, 0.3) is 0 Å². The predicted molar refractivity (Wildman–Crippen MR) is 82.4 cm³/mol. The van der Waals surface area contributed by atoms with Gasteiger partial charge in [-0.05, 0) is 23.6 Å². The first-order valence-corrected chi connectivity index (χ1v) is 7.20. The second-order valence-electron chi connectivity index (χ2n) is 5.30. The first kappa shape index (κ1) is 13.7. The molecule has 2 aromatic rings. The number of carbonyl (C=O) groups is 1. The third-order valence-corrected chi connectivity index (χ3v) is 4.12. The SMILES string of the molecule is COc1cccc2c1CCN(C(C)=O)C2c1ccccc1. The van der Waals surface area contributed by atoms with Crippen molar-refractivity contribution in [3.05, 3.63) is 65.2 Å². The summed E-state index contributed by atoms with van der Waals surface area (Å²) < 4.78 is 5.49. The maximum Gasteiger partial charge on any atom is 0.220 e. The lowest BCUT2D eigenvalue weighted by Gasteiger charge is -2.37. The Morgan fingerprint density at radius 2 is 1.90 bits per heavy atom. The lowest BCUT2D eigenvalue weighted by atomic mass is 9.87. The van der Waals surface area contributed by atoms with E-state index in [1.54, 1.807) is 14.0 Å². The van der Waals surface area contributed by atoms with Gasteiger partial charge < -0.3 is 9.64 Å². The summed E-state index contributed by atoms with van der Waals surface area (Å²) in [6, 6.07) is 16.3. The summed E-state index contributed by atoms with van der Waals surface area (Å²) in [6.07, 6.45) is 0.836. The molecule has 0 spiro atoms. The van der Waals surface area contributed by atoms with Crippen molar-refractivity contribution in [2.24, 2.45) is 0 Å². The molecule has 1 unspecified atom stereocenters. The highest BCUT2D eigenvalue weighted by Crippen LogP contribution is 2.38. The summed E-state index contributed by atoms with van der Waals surface area (Å²) in [7, 11) is 1.70. The van der Waals surface area contributed by atoms with Gasteiger partial charge in [0, 0.05) is 19.0 Å². The number of hydrogen-bond donors (Lipinski definition) is 0. The number of carbonyl (C=O) groups excluding carboxylic acids is 1. The van der Waals surface area contributed by atoms with Crippen molar-refractivity contribution in [1.82, 2.24) is 4.90 Å². The number of rotatable bonds is 2. The van der Waals surface area contributed by atoms with Crippen molar-refractivity contribution < 1.29 is 9.53 Å². The maximum atomic E-state index is 12.0. The maximum absolute atomic E-state index is 12.0. The number of methoxy groups -OCH3 is 1. The topological polar surface area (TPSA) is 29.5 Å². The van der Waals surface area contributed by atoms with Crippen molar-refractivity contribution in [2.75, 3.05) is 13.7 Å². The van der Waals surface area contributed by atoms with Crippen LogP contribution in [-0.2, 0) is 11.2 Å². The summed E-state index contributed by atoms with van der Waals surface area (Å²) in [5, 5.41) is 0. The minimum atomic E-state index is -0.0254. The predicted octanol–water partition coefficient (Wildman–Crippen LogP) is 3.19. The van der Waals surface area contributed by atoms with Crippen LogP contribution in [0.1, 0.15) is 29.7 Å². The van der Waals surface area contributed by atoms with Crippen molar-refractivity contribution in [2.45, 2.75) is 19.4 Å². The Bertz CT molecular complexity index is 652. The van der Waals surface area contributed by atoms with Crippen LogP contribution in [0.2, 0.25) is 0 Å². The standard InChI is InChI=1S/C18H19NO2/c1-13(20)19-12-11-15-16(9-6-10-17(15)21-2)18(19)14-7-4-3-5-8-14/h3-10,18H,11-12H2,1-2H3. The molecular weight excluding hydrogens is 262 g/mol. The number of hydrogen-bond acceptors (Lipinski definition) is 2. The smallest absolute Gasteiger partial charge is 0.220 e. The molecule has 0 aliphatic carbocycles. The van der Waals surface area contributed by atoms with E-state index in [1.165, 1.54) is 11.1 Å². The third kappa shape index (κ3) is 2.40. The lowest BCUT2D eigenvalue weighted by molar-refractivity contribution is -0.130. The van der Waals surface area contributed by atoms with Crippen LogP contribution < -0.4 is 4.74 Å². The van der Waals surface area contributed by atoms with Gasteiger partial charge in [0.15, 0.2) is 0 Å². The molecule has 0 saturated heterocycles. The van der Waals surface area contributed by atoms with Gasteiger partial charge in [-0.1, -0.05) is 42.5 Å². The second-order valence-corrected chi connectivity index (χ2v) is 5.30. The Labute approximate surface area is 125 Å². The summed E-state index contributed by atoms with van der Waals surface area (Å²) in [4.78, 5) is 14.0. The van der Waals surface area contributed by atoms with Gasteiger partial charge >= 0.3 is 0 Å². The van der Waals surface area contributed by atoms with Crippen LogP contribution in [0, 0.1) is 0 Å². The van der Waals surface area contributed by atoms with Gasteiger partial charge in [0.2, 0.25) is 5.91 Å². The number of nitrogens with zero attached hydrogens (tertiary/aromatic N) is 1. The van der Waals surface area contributed by atoms with Gasteiger partial charge in [0.1, 0.15) is 5.75 Å². The van der Waals surface area contributed by atoms with Gasteiger partial charge in [-0.15, -0.1) is 0 Å². The van der Waals surface area contributed by atoms with Crippen LogP contribution in [0.3, 0.4) is 0 Å². The lowest BCUT2D eigenvalue weighted by Crippen LogP contribution is -2.39. The number of benzene rings is 2. The molecule has 1 amide bonds. The van der Waals surface area contributed by atoms with E-state index >= 15 is 0 Å². The number of amides is 1. The van der Waals surface area contributed by atoms with Crippen LogP contribution in [-0.4, -0.2) is 24.5 Å². The van der Waals surface area contributed by atoms with Gasteiger partial charge in [0.05, 0.1) is 13.2 Å².